The predicted octanol–water partition coefficient (Wildman–Crippen LogP) is 2.08. The lowest BCUT2D eigenvalue weighted by Gasteiger charge is -2.17. The summed E-state index contributed by atoms with van der Waals surface area (Å²) in [4.78, 5) is 28.1. The molecule has 28 heavy (non-hydrogen) atoms. The van der Waals surface area contributed by atoms with E-state index in [1.54, 1.807) is 19.2 Å². The van der Waals surface area contributed by atoms with Crippen molar-refractivity contribution in [2.75, 3.05) is 13.7 Å². The van der Waals surface area contributed by atoms with Crippen LogP contribution in [0.5, 0.6) is 0 Å². The number of aryl methyl sites for hydroxylation is 1. The number of nitrogens with zero attached hydrogens (tertiary/aromatic N) is 3. The van der Waals surface area contributed by atoms with E-state index in [2.05, 4.69) is 20.4 Å². The van der Waals surface area contributed by atoms with Crippen molar-refractivity contribution in [1.82, 2.24) is 20.4 Å². The number of hydrazine groups is 1. The van der Waals surface area contributed by atoms with Crippen LogP contribution in [0.1, 0.15) is 40.3 Å². The average molecular weight is 381 g/mol. The van der Waals surface area contributed by atoms with Crippen LogP contribution in [0.3, 0.4) is 0 Å². The normalized spacial score (nSPS) is 12.2. The molecule has 0 radical (unpaired) electrons. The number of ether oxygens (including phenoxy) is 1. The lowest BCUT2D eigenvalue weighted by molar-refractivity contribution is -0.117. The minimum atomic E-state index is -0.700. The predicted molar refractivity (Wildman–Crippen MR) is 104 cm³/mol. The Morgan fingerprint density at radius 2 is 2.14 bits per heavy atom. The zero-order valence-corrected chi connectivity index (χ0v) is 16.3. The van der Waals surface area contributed by atoms with Crippen LogP contribution < -0.4 is 10.9 Å². The first-order valence-electron chi connectivity index (χ1n) is 8.68. The van der Waals surface area contributed by atoms with Gasteiger partial charge >= 0.3 is 0 Å². The molecule has 0 fully saturated rings. The average Bonchev–Trinajstić information content (AvgIpc) is 2.97. The summed E-state index contributed by atoms with van der Waals surface area (Å²) in [6.45, 7) is 6.45. The van der Waals surface area contributed by atoms with Crippen molar-refractivity contribution >= 4 is 17.9 Å². The summed E-state index contributed by atoms with van der Waals surface area (Å²) < 4.78 is 7.30. The molecule has 2 N–H and O–H groups in total. The molecule has 0 spiro atoms. The van der Waals surface area contributed by atoms with Crippen molar-refractivity contribution in [2.24, 2.45) is 0 Å². The molecule has 0 saturated carbocycles. The smallest absolute Gasteiger partial charge is 0.280 e. The molecule has 0 bridgehead atoms. The summed E-state index contributed by atoms with van der Waals surface area (Å²) in [6, 6.07) is 7.06. The van der Waals surface area contributed by atoms with Gasteiger partial charge in [0.25, 0.3) is 11.8 Å². The number of nitrogens with one attached hydrogen (secondary N) is 2. The molecule has 1 atom stereocenters. The van der Waals surface area contributed by atoms with Gasteiger partial charge in [-0.05, 0) is 50.6 Å². The van der Waals surface area contributed by atoms with Crippen LogP contribution in [0.25, 0.3) is 6.08 Å². The second-order valence-electron chi connectivity index (χ2n) is 6.32. The van der Waals surface area contributed by atoms with Gasteiger partial charge in [-0.25, -0.2) is 0 Å². The third kappa shape index (κ3) is 4.84. The first kappa shape index (κ1) is 20.9. The van der Waals surface area contributed by atoms with Crippen LogP contribution in [-0.2, 0) is 9.53 Å². The molecule has 8 heteroatoms. The summed E-state index contributed by atoms with van der Waals surface area (Å²) in [5.41, 5.74) is 7.37. The Labute approximate surface area is 163 Å². The van der Waals surface area contributed by atoms with Crippen LogP contribution >= 0.6 is 0 Å². The van der Waals surface area contributed by atoms with Gasteiger partial charge in [-0.2, -0.15) is 5.26 Å². The van der Waals surface area contributed by atoms with E-state index >= 15 is 0 Å². The molecule has 2 heterocycles. The fraction of sp³-hybridized carbons (Fsp3) is 0.300. The van der Waals surface area contributed by atoms with Gasteiger partial charge in [0.15, 0.2) is 0 Å². The van der Waals surface area contributed by atoms with Gasteiger partial charge in [-0.3, -0.25) is 25.4 Å². The van der Waals surface area contributed by atoms with Crippen molar-refractivity contribution in [3.05, 3.63) is 58.7 Å². The van der Waals surface area contributed by atoms with E-state index in [1.165, 1.54) is 18.5 Å². The first-order valence-corrected chi connectivity index (χ1v) is 8.68. The third-order valence-electron chi connectivity index (χ3n) is 4.25. The lowest BCUT2D eigenvalue weighted by Crippen LogP contribution is -2.42. The van der Waals surface area contributed by atoms with Gasteiger partial charge in [0.1, 0.15) is 11.6 Å². The second kappa shape index (κ2) is 9.48. The SMILES string of the molecule is COCC(C)n1c(C)cc(C=C(C#N)C(=O)NNC(=O)c2cccnc2)c1C. The molecular weight excluding hydrogens is 358 g/mol. The number of nitriles is 1. The highest BCUT2D eigenvalue weighted by molar-refractivity contribution is 6.03. The molecule has 0 aliphatic rings. The summed E-state index contributed by atoms with van der Waals surface area (Å²) in [5, 5.41) is 9.37. The number of rotatable bonds is 6. The summed E-state index contributed by atoms with van der Waals surface area (Å²) >= 11 is 0. The molecule has 0 aromatic carbocycles. The Morgan fingerprint density at radius 1 is 1.39 bits per heavy atom. The molecule has 2 amide bonds. The summed E-state index contributed by atoms with van der Waals surface area (Å²) in [7, 11) is 1.64. The zero-order valence-electron chi connectivity index (χ0n) is 16.3. The van der Waals surface area contributed by atoms with Crippen molar-refractivity contribution in [3.8, 4) is 6.07 Å². The second-order valence-corrected chi connectivity index (χ2v) is 6.32. The first-order chi connectivity index (χ1) is 13.4. The van der Waals surface area contributed by atoms with Crippen molar-refractivity contribution in [1.29, 1.82) is 5.26 Å². The number of amides is 2. The summed E-state index contributed by atoms with van der Waals surface area (Å²) in [6.07, 6.45) is 4.42. The van der Waals surface area contributed by atoms with Crippen molar-refractivity contribution in [2.45, 2.75) is 26.8 Å². The fourth-order valence-corrected chi connectivity index (χ4v) is 3.00. The molecule has 2 aromatic heterocycles. The Hall–Kier alpha value is -3.44. The van der Waals surface area contributed by atoms with E-state index in [1.807, 2.05) is 32.9 Å². The molecule has 0 aliphatic carbocycles. The molecule has 0 saturated heterocycles. The van der Waals surface area contributed by atoms with Crippen LogP contribution in [0.15, 0.2) is 36.2 Å². The lowest BCUT2D eigenvalue weighted by atomic mass is 10.1. The monoisotopic (exact) mass is 381 g/mol. The maximum Gasteiger partial charge on any atom is 0.280 e. The molecule has 1 unspecified atom stereocenters. The molecule has 2 rings (SSSR count). The highest BCUT2D eigenvalue weighted by Crippen LogP contribution is 2.22. The number of pyridine rings is 1. The standard InChI is InChI=1S/C20H23N5O3/c1-13-8-17(15(3)25(13)14(2)12-28-4)9-18(10-21)20(27)24-23-19(26)16-6-5-7-22-11-16/h5-9,11,14H,12H2,1-4H3,(H,23,26)(H,24,27). The van der Waals surface area contributed by atoms with E-state index in [0.717, 1.165) is 17.0 Å². The Morgan fingerprint density at radius 3 is 2.75 bits per heavy atom. The van der Waals surface area contributed by atoms with Crippen LogP contribution in [0, 0.1) is 25.2 Å². The molecule has 0 aliphatic heterocycles. The van der Waals surface area contributed by atoms with E-state index in [-0.39, 0.29) is 11.6 Å². The highest BCUT2D eigenvalue weighted by Gasteiger charge is 2.16. The number of hydrogen-bond acceptors (Lipinski definition) is 5. The minimum absolute atomic E-state index is 0.116. The summed E-state index contributed by atoms with van der Waals surface area (Å²) in [5.74, 6) is -1.22. The Bertz CT molecular complexity index is 925. The number of carbonyl (C=O) groups excluding carboxylic acids is 2. The van der Waals surface area contributed by atoms with Crippen molar-refractivity contribution < 1.29 is 14.3 Å². The minimum Gasteiger partial charge on any atom is -0.383 e. The maximum atomic E-state index is 12.3. The number of carbonyl (C=O) groups is 2. The van der Waals surface area contributed by atoms with Crippen LogP contribution in [-0.4, -0.2) is 35.1 Å². The Kier molecular flexibility index (Phi) is 7.07. The van der Waals surface area contributed by atoms with Gasteiger partial charge < -0.3 is 9.30 Å². The fourth-order valence-electron chi connectivity index (χ4n) is 3.00. The van der Waals surface area contributed by atoms with E-state index in [0.29, 0.717) is 12.2 Å². The molecule has 8 nitrogen and oxygen atoms in total. The van der Waals surface area contributed by atoms with Gasteiger partial charge in [0, 0.05) is 30.9 Å². The van der Waals surface area contributed by atoms with Gasteiger partial charge in [0.05, 0.1) is 18.2 Å². The van der Waals surface area contributed by atoms with Crippen molar-refractivity contribution in [3.63, 3.8) is 0 Å². The quantitative estimate of drug-likeness (QED) is 0.452. The van der Waals surface area contributed by atoms with Gasteiger partial charge in [-0.1, -0.05) is 0 Å². The zero-order chi connectivity index (χ0) is 20.7. The molecule has 2 aromatic rings. The molecule has 146 valence electrons. The number of methoxy groups -OCH3 is 1. The topological polar surface area (TPSA) is 109 Å². The number of hydrogen-bond donors (Lipinski definition) is 2. The van der Waals surface area contributed by atoms with Gasteiger partial charge in [0.2, 0.25) is 0 Å². The van der Waals surface area contributed by atoms with E-state index in [9.17, 15) is 14.9 Å². The van der Waals surface area contributed by atoms with Crippen LogP contribution in [0.2, 0.25) is 0 Å². The molecular formula is C20H23N5O3. The maximum absolute atomic E-state index is 12.3. The van der Waals surface area contributed by atoms with E-state index < -0.39 is 11.8 Å². The van der Waals surface area contributed by atoms with Crippen LogP contribution in [0.4, 0.5) is 0 Å². The third-order valence-corrected chi connectivity index (χ3v) is 4.25. The van der Waals surface area contributed by atoms with Gasteiger partial charge in [-0.15, -0.1) is 0 Å². The Balaban J connectivity index is 2.15. The van der Waals surface area contributed by atoms with E-state index in [4.69, 9.17) is 4.74 Å². The number of aromatic nitrogens is 2. The highest BCUT2D eigenvalue weighted by atomic mass is 16.5. The largest absolute Gasteiger partial charge is 0.383 e.